The topological polar surface area (TPSA) is 88.8 Å². The number of carboxylic acid groups (broad SMARTS) is 1. The van der Waals surface area contributed by atoms with Crippen LogP contribution in [0, 0.1) is 6.92 Å². The Morgan fingerprint density at radius 1 is 1.20 bits per heavy atom. The molecule has 0 unspecified atom stereocenters. The molecular weight excluding hydrogens is 322 g/mol. The second-order valence-electron chi connectivity index (χ2n) is 5.74. The van der Waals surface area contributed by atoms with E-state index in [0.717, 1.165) is 6.42 Å². The molecule has 0 bridgehead atoms. The normalized spacial score (nSPS) is 10.6. The minimum atomic E-state index is -1.03. The maximum Gasteiger partial charge on any atom is 0.311 e. The van der Waals surface area contributed by atoms with Crippen molar-refractivity contribution in [3.63, 3.8) is 0 Å². The average Bonchev–Trinajstić information content (AvgIpc) is 2.94. The Kier molecular flexibility index (Phi) is 7.22. The van der Waals surface area contributed by atoms with Crippen LogP contribution >= 0.6 is 0 Å². The van der Waals surface area contributed by atoms with E-state index in [0.29, 0.717) is 37.3 Å². The highest BCUT2D eigenvalue weighted by atomic mass is 16.5. The summed E-state index contributed by atoms with van der Waals surface area (Å²) in [6, 6.07) is 10.1. The molecule has 1 heterocycles. The molecule has 0 saturated carbocycles. The van der Waals surface area contributed by atoms with Crippen LogP contribution in [-0.4, -0.2) is 36.7 Å². The van der Waals surface area contributed by atoms with Gasteiger partial charge in [0.2, 0.25) is 0 Å². The summed E-state index contributed by atoms with van der Waals surface area (Å²) in [5.41, 5.74) is 2.18. The van der Waals surface area contributed by atoms with Gasteiger partial charge in [-0.05, 0) is 25.3 Å². The van der Waals surface area contributed by atoms with E-state index in [1.165, 1.54) is 11.8 Å². The summed E-state index contributed by atoms with van der Waals surface area (Å²) in [6.45, 7) is 3.37. The molecule has 134 valence electrons. The van der Waals surface area contributed by atoms with Gasteiger partial charge in [0.25, 0.3) is 5.91 Å². The molecule has 0 saturated heterocycles. The zero-order chi connectivity index (χ0) is 18.1. The summed E-state index contributed by atoms with van der Waals surface area (Å²) in [4.78, 5) is 23.0. The van der Waals surface area contributed by atoms with Crippen LogP contribution in [0.1, 0.15) is 33.7 Å². The van der Waals surface area contributed by atoms with Crippen LogP contribution in [0.5, 0.6) is 0 Å². The molecule has 1 aromatic carbocycles. The van der Waals surface area contributed by atoms with Crippen molar-refractivity contribution >= 4 is 11.9 Å². The van der Waals surface area contributed by atoms with Crippen LogP contribution < -0.4 is 5.32 Å². The lowest BCUT2D eigenvalue weighted by Crippen LogP contribution is -2.26. The van der Waals surface area contributed by atoms with Gasteiger partial charge in [-0.25, -0.2) is 0 Å². The van der Waals surface area contributed by atoms with Gasteiger partial charge in [0.15, 0.2) is 0 Å². The Morgan fingerprint density at radius 2 is 1.96 bits per heavy atom. The highest BCUT2D eigenvalue weighted by Gasteiger charge is 2.19. The summed E-state index contributed by atoms with van der Waals surface area (Å²) in [7, 11) is 0. The first-order valence-corrected chi connectivity index (χ1v) is 8.26. The van der Waals surface area contributed by atoms with Crippen molar-refractivity contribution < 1.29 is 23.8 Å². The molecule has 6 heteroatoms. The number of amides is 1. The smallest absolute Gasteiger partial charge is 0.311 e. The molecule has 0 spiro atoms. The first-order chi connectivity index (χ1) is 12.1. The molecule has 6 nitrogen and oxygen atoms in total. The van der Waals surface area contributed by atoms with Gasteiger partial charge in [-0.15, -0.1) is 0 Å². The molecule has 2 rings (SSSR count). The van der Waals surface area contributed by atoms with E-state index in [1.54, 1.807) is 6.92 Å². The molecule has 1 aromatic heterocycles. The molecule has 2 N–H and O–H groups in total. The average molecular weight is 345 g/mol. The quantitative estimate of drug-likeness (QED) is 0.646. The minimum Gasteiger partial charge on any atom is -0.481 e. The minimum absolute atomic E-state index is 0.182. The zero-order valence-electron chi connectivity index (χ0n) is 14.3. The highest BCUT2D eigenvalue weighted by Crippen LogP contribution is 2.17. The molecule has 0 radical (unpaired) electrons. The van der Waals surface area contributed by atoms with Crippen LogP contribution in [0.3, 0.4) is 0 Å². The number of rotatable bonds is 10. The molecule has 0 atom stereocenters. The van der Waals surface area contributed by atoms with Gasteiger partial charge >= 0.3 is 5.97 Å². The van der Waals surface area contributed by atoms with E-state index in [4.69, 9.17) is 14.3 Å². The second-order valence-corrected chi connectivity index (χ2v) is 5.74. The third kappa shape index (κ3) is 6.08. The van der Waals surface area contributed by atoms with Crippen LogP contribution in [0.15, 0.2) is 41.0 Å². The maximum atomic E-state index is 12.2. The van der Waals surface area contributed by atoms with Gasteiger partial charge in [-0.1, -0.05) is 30.3 Å². The fourth-order valence-corrected chi connectivity index (χ4v) is 2.47. The Morgan fingerprint density at radius 3 is 2.68 bits per heavy atom. The first-order valence-electron chi connectivity index (χ1n) is 8.26. The number of ether oxygens (including phenoxy) is 1. The molecule has 25 heavy (non-hydrogen) atoms. The number of carbonyl (C=O) groups excluding carboxylic acids is 1. The number of hydrogen-bond donors (Lipinski definition) is 2. The summed E-state index contributed by atoms with van der Waals surface area (Å²) in [6.07, 6.45) is 2.64. The van der Waals surface area contributed by atoms with Gasteiger partial charge in [-0.3, -0.25) is 9.59 Å². The van der Waals surface area contributed by atoms with Gasteiger partial charge in [0.1, 0.15) is 12.2 Å². The lowest BCUT2D eigenvalue weighted by atomic mass is 10.1. The number of nitrogens with one attached hydrogen (secondary N) is 1. The van der Waals surface area contributed by atoms with Crippen molar-refractivity contribution in [2.75, 3.05) is 19.8 Å². The Balaban J connectivity index is 1.66. The fourth-order valence-electron chi connectivity index (χ4n) is 2.47. The number of hydrogen-bond acceptors (Lipinski definition) is 4. The first kappa shape index (κ1) is 18.7. The third-order valence-corrected chi connectivity index (χ3v) is 3.72. The summed E-state index contributed by atoms with van der Waals surface area (Å²) in [5.74, 6) is -1.16. The fraction of sp³-hybridized carbons (Fsp3) is 0.368. The van der Waals surface area contributed by atoms with E-state index in [1.807, 2.05) is 18.2 Å². The van der Waals surface area contributed by atoms with Gasteiger partial charge < -0.3 is 19.6 Å². The van der Waals surface area contributed by atoms with Crippen molar-refractivity contribution in [1.29, 1.82) is 0 Å². The predicted octanol–water partition coefficient (Wildman–Crippen LogP) is 2.59. The molecule has 0 aliphatic rings. The van der Waals surface area contributed by atoms with Gasteiger partial charge in [0, 0.05) is 18.7 Å². The SMILES string of the molecule is Cc1coc(CC(=O)O)c1C(=O)NCCCOCCc1ccccc1. The molecular formula is C19H23NO5. The number of aryl methyl sites for hydroxylation is 1. The molecule has 1 amide bonds. The van der Waals surface area contributed by atoms with Crippen molar-refractivity contribution in [1.82, 2.24) is 5.32 Å². The van der Waals surface area contributed by atoms with Crippen LogP contribution in [0.2, 0.25) is 0 Å². The Bertz CT molecular complexity index is 693. The van der Waals surface area contributed by atoms with E-state index >= 15 is 0 Å². The Labute approximate surface area is 146 Å². The number of benzene rings is 1. The molecule has 2 aromatic rings. The second kappa shape index (κ2) is 9.64. The van der Waals surface area contributed by atoms with E-state index in [2.05, 4.69) is 17.4 Å². The predicted molar refractivity (Wildman–Crippen MR) is 92.7 cm³/mol. The van der Waals surface area contributed by atoms with Crippen molar-refractivity contribution in [3.05, 3.63) is 59.0 Å². The van der Waals surface area contributed by atoms with Crippen LogP contribution in [-0.2, 0) is 22.4 Å². The summed E-state index contributed by atoms with van der Waals surface area (Å²) < 4.78 is 10.7. The highest BCUT2D eigenvalue weighted by molar-refractivity contribution is 5.97. The monoisotopic (exact) mass is 345 g/mol. The zero-order valence-corrected chi connectivity index (χ0v) is 14.3. The largest absolute Gasteiger partial charge is 0.481 e. The molecule has 0 fully saturated rings. The van der Waals surface area contributed by atoms with E-state index in [9.17, 15) is 9.59 Å². The van der Waals surface area contributed by atoms with Crippen molar-refractivity contribution in [2.45, 2.75) is 26.2 Å². The lowest BCUT2D eigenvalue weighted by Gasteiger charge is -2.07. The molecule has 0 aliphatic heterocycles. The summed E-state index contributed by atoms with van der Waals surface area (Å²) >= 11 is 0. The number of aliphatic carboxylic acids is 1. The van der Waals surface area contributed by atoms with E-state index < -0.39 is 5.97 Å². The maximum absolute atomic E-state index is 12.2. The third-order valence-electron chi connectivity index (χ3n) is 3.72. The Hall–Kier alpha value is -2.60. The standard InChI is InChI=1S/C19H23NO5/c1-14-13-25-16(12-17(21)22)18(14)19(23)20-9-5-10-24-11-8-15-6-3-2-4-7-15/h2-4,6-7,13H,5,8-12H2,1H3,(H,20,23)(H,21,22). The molecule has 0 aliphatic carbocycles. The number of furan rings is 1. The van der Waals surface area contributed by atoms with Crippen LogP contribution in [0.4, 0.5) is 0 Å². The van der Waals surface area contributed by atoms with E-state index in [-0.39, 0.29) is 18.1 Å². The van der Waals surface area contributed by atoms with Crippen molar-refractivity contribution in [3.8, 4) is 0 Å². The summed E-state index contributed by atoms with van der Waals surface area (Å²) in [5, 5.41) is 11.6. The van der Waals surface area contributed by atoms with Gasteiger partial charge in [0.05, 0.1) is 18.4 Å². The van der Waals surface area contributed by atoms with Crippen molar-refractivity contribution in [2.24, 2.45) is 0 Å². The van der Waals surface area contributed by atoms with Crippen LogP contribution in [0.25, 0.3) is 0 Å². The van der Waals surface area contributed by atoms with Gasteiger partial charge in [-0.2, -0.15) is 0 Å². The lowest BCUT2D eigenvalue weighted by molar-refractivity contribution is -0.136. The number of carboxylic acids is 1. The number of carbonyl (C=O) groups is 2.